The fourth-order valence-electron chi connectivity index (χ4n) is 1.47. The Balaban J connectivity index is 2.10. The van der Waals surface area contributed by atoms with Crippen LogP contribution in [0.5, 0.6) is 0 Å². The van der Waals surface area contributed by atoms with Crippen molar-refractivity contribution in [3.8, 4) is 0 Å². The summed E-state index contributed by atoms with van der Waals surface area (Å²) in [5, 5.41) is 3.19. The molecule has 4 nitrogen and oxygen atoms in total. The summed E-state index contributed by atoms with van der Waals surface area (Å²) < 4.78 is 10.3. The largest absolute Gasteiger partial charge is 0.465 e. The Morgan fingerprint density at radius 3 is 3.00 bits per heavy atom. The maximum Gasteiger partial charge on any atom is 0.319 e. The molecule has 0 aromatic carbocycles. The summed E-state index contributed by atoms with van der Waals surface area (Å²) in [5.74, 6) is -0.170. The van der Waals surface area contributed by atoms with Crippen LogP contribution in [0.4, 0.5) is 0 Å². The van der Waals surface area contributed by atoms with Gasteiger partial charge in [-0.1, -0.05) is 13.3 Å². The molecule has 1 N–H and O–H groups in total. The van der Waals surface area contributed by atoms with Crippen LogP contribution in [0.25, 0.3) is 0 Å². The average molecular weight is 215 g/mol. The highest BCUT2D eigenvalue weighted by Gasteiger charge is 2.29. The number of nitrogens with one attached hydrogen (secondary N) is 1. The van der Waals surface area contributed by atoms with Gasteiger partial charge in [-0.05, 0) is 19.8 Å². The van der Waals surface area contributed by atoms with Crippen LogP contribution in [-0.4, -0.2) is 37.9 Å². The van der Waals surface area contributed by atoms with Crippen molar-refractivity contribution in [2.75, 3.05) is 26.4 Å². The summed E-state index contributed by atoms with van der Waals surface area (Å²) in [6.45, 7) is 6.40. The summed E-state index contributed by atoms with van der Waals surface area (Å²) in [4.78, 5) is 11.3. The third kappa shape index (κ3) is 4.62. The van der Waals surface area contributed by atoms with Crippen LogP contribution in [0, 0.1) is 0 Å². The second-order valence-corrected chi connectivity index (χ2v) is 4.29. The van der Waals surface area contributed by atoms with E-state index in [0.29, 0.717) is 13.2 Å². The van der Waals surface area contributed by atoms with Gasteiger partial charge in [-0.2, -0.15) is 0 Å². The van der Waals surface area contributed by atoms with Gasteiger partial charge in [-0.25, -0.2) is 0 Å². The lowest BCUT2D eigenvalue weighted by molar-refractivity contribution is -0.143. The molecule has 4 heteroatoms. The molecular weight excluding hydrogens is 194 g/mol. The molecule has 0 radical (unpaired) electrons. The van der Waals surface area contributed by atoms with E-state index in [0.717, 1.165) is 25.9 Å². The summed E-state index contributed by atoms with van der Waals surface area (Å²) in [7, 11) is 0. The molecule has 0 aromatic rings. The average Bonchev–Trinajstić information content (AvgIpc) is 2.64. The maximum absolute atomic E-state index is 11.3. The highest BCUT2D eigenvalue weighted by Crippen LogP contribution is 2.16. The van der Waals surface area contributed by atoms with Crippen molar-refractivity contribution in [2.45, 2.75) is 38.6 Å². The first kappa shape index (κ1) is 12.5. The predicted molar refractivity (Wildman–Crippen MR) is 57.7 cm³/mol. The van der Waals surface area contributed by atoms with Crippen LogP contribution in [0.2, 0.25) is 0 Å². The zero-order valence-electron chi connectivity index (χ0n) is 9.67. The van der Waals surface area contributed by atoms with Gasteiger partial charge >= 0.3 is 5.97 Å². The van der Waals surface area contributed by atoms with E-state index in [1.807, 2.05) is 0 Å². The van der Waals surface area contributed by atoms with Crippen molar-refractivity contribution in [3.63, 3.8) is 0 Å². The molecule has 1 aliphatic heterocycles. The number of carbonyl (C=O) groups is 1. The van der Waals surface area contributed by atoms with Crippen molar-refractivity contribution in [1.82, 2.24) is 5.32 Å². The Morgan fingerprint density at radius 2 is 2.40 bits per heavy atom. The van der Waals surface area contributed by atoms with E-state index in [1.165, 1.54) is 0 Å². The lowest BCUT2D eigenvalue weighted by Crippen LogP contribution is -2.45. The van der Waals surface area contributed by atoms with Crippen LogP contribution in [-0.2, 0) is 14.3 Å². The second-order valence-electron chi connectivity index (χ2n) is 4.29. The van der Waals surface area contributed by atoms with Crippen molar-refractivity contribution in [3.05, 3.63) is 0 Å². The molecule has 1 saturated heterocycles. The first-order valence-electron chi connectivity index (χ1n) is 5.65. The van der Waals surface area contributed by atoms with Gasteiger partial charge in [0.25, 0.3) is 0 Å². The molecule has 1 fully saturated rings. The van der Waals surface area contributed by atoms with Gasteiger partial charge in [0.05, 0.1) is 19.8 Å². The molecule has 0 spiro atoms. The number of esters is 1. The van der Waals surface area contributed by atoms with E-state index in [1.54, 1.807) is 0 Å². The van der Waals surface area contributed by atoms with E-state index < -0.39 is 0 Å². The molecule has 1 unspecified atom stereocenters. The Hall–Kier alpha value is -0.610. The lowest BCUT2D eigenvalue weighted by Gasteiger charge is -2.22. The van der Waals surface area contributed by atoms with Crippen molar-refractivity contribution >= 4 is 5.97 Å². The zero-order chi connectivity index (χ0) is 11.1. The molecule has 0 saturated carbocycles. The van der Waals surface area contributed by atoms with E-state index in [9.17, 15) is 4.79 Å². The van der Waals surface area contributed by atoms with E-state index in [2.05, 4.69) is 19.2 Å². The van der Waals surface area contributed by atoms with Crippen molar-refractivity contribution in [2.24, 2.45) is 0 Å². The minimum Gasteiger partial charge on any atom is -0.465 e. The molecule has 1 rings (SSSR count). The standard InChI is InChI=1S/C11H21NO3/c1-3-4-6-15-10(13)8-12-11(2)5-7-14-9-11/h12H,3-9H2,1-2H3. The topological polar surface area (TPSA) is 47.6 Å². The molecule has 0 aromatic heterocycles. The summed E-state index contributed by atoms with van der Waals surface area (Å²) in [6.07, 6.45) is 2.94. The van der Waals surface area contributed by atoms with Gasteiger partial charge in [0.1, 0.15) is 0 Å². The van der Waals surface area contributed by atoms with Gasteiger partial charge < -0.3 is 9.47 Å². The Kier molecular flexibility index (Phi) is 5.05. The molecule has 1 heterocycles. The highest BCUT2D eigenvalue weighted by molar-refractivity contribution is 5.71. The molecular formula is C11H21NO3. The van der Waals surface area contributed by atoms with Crippen LogP contribution in [0.3, 0.4) is 0 Å². The number of hydrogen-bond donors (Lipinski definition) is 1. The fourth-order valence-corrected chi connectivity index (χ4v) is 1.47. The SMILES string of the molecule is CCCCOC(=O)CNC1(C)CCOC1. The summed E-state index contributed by atoms with van der Waals surface area (Å²) in [6, 6.07) is 0. The Labute approximate surface area is 91.3 Å². The fraction of sp³-hybridized carbons (Fsp3) is 0.909. The number of ether oxygens (including phenoxy) is 2. The van der Waals surface area contributed by atoms with Crippen LogP contribution in [0.1, 0.15) is 33.1 Å². The molecule has 1 aliphatic rings. The maximum atomic E-state index is 11.3. The third-order valence-electron chi connectivity index (χ3n) is 2.64. The smallest absolute Gasteiger partial charge is 0.319 e. The molecule has 0 aliphatic carbocycles. The van der Waals surface area contributed by atoms with Gasteiger partial charge in [0.15, 0.2) is 0 Å². The monoisotopic (exact) mass is 215 g/mol. The first-order valence-corrected chi connectivity index (χ1v) is 5.65. The summed E-state index contributed by atoms with van der Waals surface area (Å²) in [5.41, 5.74) is -0.0518. The third-order valence-corrected chi connectivity index (χ3v) is 2.64. The molecule has 15 heavy (non-hydrogen) atoms. The first-order chi connectivity index (χ1) is 7.16. The number of hydrogen-bond acceptors (Lipinski definition) is 4. The number of unbranched alkanes of at least 4 members (excludes halogenated alkanes) is 1. The zero-order valence-corrected chi connectivity index (χ0v) is 9.67. The van der Waals surface area contributed by atoms with Gasteiger partial charge in [-0.3, -0.25) is 10.1 Å². The van der Waals surface area contributed by atoms with Gasteiger partial charge in [-0.15, -0.1) is 0 Å². The molecule has 1 atom stereocenters. The predicted octanol–water partition coefficient (Wildman–Crippen LogP) is 1.10. The highest BCUT2D eigenvalue weighted by atomic mass is 16.5. The molecule has 0 amide bonds. The quantitative estimate of drug-likeness (QED) is 0.532. The van der Waals surface area contributed by atoms with E-state index in [4.69, 9.17) is 9.47 Å². The number of carbonyl (C=O) groups excluding carboxylic acids is 1. The van der Waals surface area contributed by atoms with Crippen LogP contribution in [0.15, 0.2) is 0 Å². The molecule has 0 bridgehead atoms. The summed E-state index contributed by atoms with van der Waals surface area (Å²) >= 11 is 0. The Bertz CT molecular complexity index is 200. The van der Waals surface area contributed by atoms with Crippen molar-refractivity contribution in [1.29, 1.82) is 0 Å². The Morgan fingerprint density at radius 1 is 1.60 bits per heavy atom. The molecule has 88 valence electrons. The lowest BCUT2D eigenvalue weighted by atomic mass is 10.0. The van der Waals surface area contributed by atoms with Gasteiger partial charge in [0, 0.05) is 12.1 Å². The minimum absolute atomic E-state index is 0.0518. The normalized spacial score (nSPS) is 25.5. The van der Waals surface area contributed by atoms with Crippen LogP contribution >= 0.6 is 0 Å². The number of rotatable bonds is 6. The van der Waals surface area contributed by atoms with Crippen molar-refractivity contribution < 1.29 is 14.3 Å². The minimum atomic E-state index is -0.170. The second kappa shape index (κ2) is 6.08. The van der Waals surface area contributed by atoms with Crippen LogP contribution < -0.4 is 5.32 Å². The van der Waals surface area contributed by atoms with E-state index >= 15 is 0 Å². The van der Waals surface area contributed by atoms with Gasteiger partial charge in [0.2, 0.25) is 0 Å². The van der Waals surface area contributed by atoms with E-state index in [-0.39, 0.29) is 18.1 Å².